The maximum Gasteiger partial charge on any atom is 0.0722 e. The maximum atomic E-state index is 3.74. The fourth-order valence-electron chi connectivity index (χ4n) is 1.47. The SMILES string of the molecule is Cl.c1ccc(CCCc2cnn[nH]2)cc1. The van der Waals surface area contributed by atoms with Gasteiger partial charge < -0.3 is 0 Å². The van der Waals surface area contributed by atoms with E-state index in [1.165, 1.54) is 5.56 Å². The summed E-state index contributed by atoms with van der Waals surface area (Å²) in [6.07, 6.45) is 5.04. The van der Waals surface area contributed by atoms with E-state index >= 15 is 0 Å². The van der Waals surface area contributed by atoms with Gasteiger partial charge in [-0.25, -0.2) is 0 Å². The van der Waals surface area contributed by atoms with Crippen molar-refractivity contribution in [2.75, 3.05) is 0 Å². The minimum Gasteiger partial charge on any atom is -0.262 e. The zero-order valence-electron chi connectivity index (χ0n) is 8.39. The van der Waals surface area contributed by atoms with Crippen LogP contribution in [0.1, 0.15) is 17.7 Å². The molecule has 1 aromatic carbocycles. The maximum absolute atomic E-state index is 3.74. The van der Waals surface area contributed by atoms with Crippen molar-refractivity contribution < 1.29 is 0 Å². The minimum atomic E-state index is 0. The van der Waals surface area contributed by atoms with E-state index in [2.05, 4.69) is 39.7 Å². The largest absolute Gasteiger partial charge is 0.262 e. The van der Waals surface area contributed by atoms with Crippen LogP contribution in [0.4, 0.5) is 0 Å². The first-order valence-corrected chi connectivity index (χ1v) is 4.84. The summed E-state index contributed by atoms with van der Waals surface area (Å²) in [5, 5.41) is 10.3. The second-order valence-corrected chi connectivity index (χ2v) is 3.32. The van der Waals surface area contributed by atoms with Crippen LogP contribution in [-0.4, -0.2) is 15.4 Å². The first kappa shape index (κ1) is 11.7. The van der Waals surface area contributed by atoms with E-state index in [0.717, 1.165) is 25.0 Å². The van der Waals surface area contributed by atoms with Gasteiger partial charge in [-0.05, 0) is 24.8 Å². The molecule has 2 aromatic rings. The van der Waals surface area contributed by atoms with Crippen molar-refractivity contribution in [2.45, 2.75) is 19.3 Å². The number of aryl methyl sites for hydroxylation is 2. The van der Waals surface area contributed by atoms with Gasteiger partial charge in [0.25, 0.3) is 0 Å². The molecule has 0 radical (unpaired) electrons. The van der Waals surface area contributed by atoms with Crippen LogP contribution in [0, 0.1) is 0 Å². The molecule has 0 atom stereocenters. The number of aromatic amines is 1. The highest BCUT2D eigenvalue weighted by Gasteiger charge is 1.95. The number of nitrogens with one attached hydrogen (secondary N) is 1. The molecule has 4 heteroatoms. The highest BCUT2D eigenvalue weighted by Crippen LogP contribution is 2.05. The lowest BCUT2D eigenvalue weighted by molar-refractivity contribution is 0.790. The Morgan fingerprint density at radius 3 is 2.53 bits per heavy atom. The molecule has 0 saturated heterocycles. The van der Waals surface area contributed by atoms with E-state index in [0.29, 0.717) is 0 Å². The third-order valence-electron chi connectivity index (χ3n) is 2.22. The Hall–Kier alpha value is -1.35. The van der Waals surface area contributed by atoms with Gasteiger partial charge in [0.2, 0.25) is 0 Å². The Labute approximate surface area is 95.3 Å². The van der Waals surface area contributed by atoms with Crippen LogP contribution in [0.3, 0.4) is 0 Å². The molecule has 0 fully saturated rings. The number of H-pyrrole nitrogens is 1. The number of rotatable bonds is 4. The lowest BCUT2D eigenvalue weighted by Crippen LogP contribution is -1.90. The van der Waals surface area contributed by atoms with E-state index in [4.69, 9.17) is 0 Å². The van der Waals surface area contributed by atoms with Crippen molar-refractivity contribution in [2.24, 2.45) is 0 Å². The topological polar surface area (TPSA) is 41.6 Å². The first-order chi connectivity index (χ1) is 6.95. The van der Waals surface area contributed by atoms with Gasteiger partial charge in [0.05, 0.1) is 11.9 Å². The van der Waals surface area contributed by atoms with E-state index in [1.807, 2.05) is 6.07 Å². The van der Waals surface area contributed by atoms with Crippen LogP contribution in [0.2, 0.25) is 0 Å². The average Bonchev–Trinajstić information content (AvgIpc) is 2.72. The van der Waals surface area contributed by atoms with Gasteiger partial charge in [-0.1, -0.05) is 35.5 Å². The summed E-state index contributed by atoms with van der Waals surface area (Å²) < 4.78 is 0. The summed E-state index contributed by atoms with van der Waals surface area (Å²) in [6.45, 7) is 0. The van der Waals surface area contributed by atoms with Crippen molar-refractivity contribution in [3.05, 3.63) is 47.8 Å². The Kier molecular flexibility index (Phi) is 4.84. The average molecular weight is 224 g/mol. The molecule has 0 aliphatic carbocycles. The molecule has 1 heterocycles. The highest BCUT2D eigenvalue weighted by molar-refractivity contribution is 5.85. The zero-order chi connectivity index (χ0) is 9.64. The molecular weight excluding hydrogens is 210 g/mol. The highest BCUT2D eigenvalue weighted by atomic mass is 35.5. The minimum absolute atomic E-state index is 0. The van der Waals surface area contributed by atoms with Crippen LogP contribution < -0.4 is 0 Å². The molecule has 0 aliphatic heterocycles. The quantitative estimate of drug-likeness (QED) is 0.865. The zero-order valence-corrected chi connectivity index (χ0v) is 9.20. The summed E-state index contributed by atoms with van der Waals surface area (Å²) in [6, 6.07) is 10.5. The third-order valence-corrected chi connectivity index (χ3v) is 2.22. The van der Waals surface area contributed by atoms with Crippen molar-refractivity contribution in [1.29, 1.82) is 0 Å². The normalized spacial score (nSPS) is 9.60. The molecule has 1 N–H and O–H groups in total. The van der Waals surface area contributed by atoms with Crippen LogP contribution in [-0.2, 0) is 12.8 Å². The van der Waals surface area contributed by atoms with E-state index < -0.39 is 0 Å². The number of hydrogen-bond donors (Lipinski definition) is 1. The summed E-state index contributed by atoms with van der Waals surface area (Å²) in [5.41, 5.74) is 2.50. The molecule has 15 heavy (non-hydrogen) atoms. The molecule has 2 rings (SSSR count). The second-order valence-electron chi connectivity index (χ2n) is 3.32. The molecule has 0 bridgehead atoms. The molecular formula is C11H14ClN3. The molecule has 0 unspecified atom stereocenters. The number of aromatic nitrogens is 3. The lowest BCUT2D eigenvalue weighted by atomic mass is 10.1. The second kappa shape index (κ2) is 6.19. The monoisotopic (exact) mass is 223 g/mol. The predicted octanol–water partition coefficient (Wildman–Crippen LogP) is 2.40. The molecule has 0 amide bonds. The summed E-state index contributed by atoms with van der Waals surface area (Å²) in [4.78, 5) is 0. The van der Waals surface area contributed by atoms with Gasteiger partial charge in [-0.15, -0.1) is 17.5 Å². The molecule has 80 valence electrons. The van der Waals surface area contributed by atoms with Gasteiger partial charge >= 0.3 is 0 Å². The smallest absolute Gasteiger partial charge is 0.0722 e. The predicted molar refractivity (Wildman–Crippen MR) is 62.1 cm³/mol. The molecule has 0 aliphatic rings. The van der Waals surface area contributed by atoms with E-state index in [1.54, 1.807) is 6.20 Å². The number of nitrogens with zero attached hydrogens (tertiary/aromatic N) is 2. The molecule has 1 aromatic heterocycles. The van der Waals surface area contributed by atoms with Crippen molar-refractivity contribution >= 4 is 12.4 Å². The van der Waals surface area contributed by atoms with Crippen LogP contribution in [0.25, 0.3) is 0 Å². The molecule has 0 spiro atoms. The number of halogens is 1. The number of benzene rings is 1. The number of hydrogen-bond acceptors (Lipinski definition) is 2. The van der Waals surface area contributed by atoms with Crippen LogP contribution in [0.5, 0.6) is 0 Å². The Balaban J connectivity index is 0.00000112. The summed E-state index contributed by atoms with van der Waals surface area (Å²) >= 11 is 0. The summed E-state index contributed by atoms with van der Waals surface area (Å²) in [7, 11) is 0. The van der Waals surface area contributed by atoms with Crippen molar-refractivity contribution in [3.8, 4) is 0 Å². The Bertz CT molecular complexity index is 359. The lowest BCUT2D eigenvalue weighted by Gasteiger charge is -1.98. The van der Waals surface area contributed by atoms with Gasteiger partial charge in [-0.2, -0.15) is 0 Å². The van der Waals surface area contributed by atoms with Gasteiger partial charge in [0.1, 0.15) is 0 Å². The fraction of sp³-hybridized carbons (Fsp3) is 0.273. The third kappa shape index (κ3) is 3.72. The van der Waals surface area contributed by atoms with Gasteiger partial charge in [0, 0.05) is 0 Å². The Morgan fingerprint density at radius 2 is 1.87 bits per heavy atom. The van der Waals surface area contributed by atoms with Crippen LogP contribution >= 0.6 is 12.4 Å². The van der Waals surface area contributed by atoms with Gasteiger partial charge in [0.15, 0.2) is 0 Å². The summed E-state index contributed by atoms with van der Waals surface area (Å²) in [5.74, 6) is 0. The first-order valence-electron chi connectivity index (χ1n) is 4.84. The molecule has 0 saturated carbocycles. The Morgan fingerprint density at radius 1 is 1.07 bits per heavy atom. The van der Waals surface area contributed by atoms with E-state index in [-0.39, 0.29) is 12.4 Å². The van der Waals surface area contributed by atoms with E-state index in [9.17, 15) is 0 Å². The standard InChI is InChI=1S/C11H13N3.ClH/c1-2-5-10(6-3-1)7-4-8-11-9-12-14-13-11;/h1-3,5-6,9H,4,7-8H2,(H,12,13,14);1H. The van der Waals surface area contributed by atoms with Gasteiger partial charge in [-0.3, -0.25) is 5.10 Å². The fourth-order valence-corrected chi connectivity index (χ4v) is 1.47. The van der Waals surface area contributed by atoms with Crippen LogP contribution in [0.15, 0.2) is 36.5 Å². The van der Waals surface area contributed by atoms with Crippen molar-refractivity contribution in [3.63, 3.8) is 0 Å². The van der Waals surface area contributed by atoms with Crippen molar-refractivity contribution in [1.82, 2.24) is 15.4 Å². The molecule has 3 nitrogen and oxygen atoms in total.